The Balaban J connectivity index is 3.50. The maximum Gasteiger partial charge on any atom is 0.134 e. The zero-order chi connectivity index (χ0) is 8.15. The Labute approximate surface area is 59.4 Å². The third-order valence-electron chi connectivity index (χ3n) is 1.22. The summed E-state index contributed by atoms with van der Waals surface area (Å²) in [5.41, 5.74) is 0. The van der Waals surface area contributed by atoms with Crippen LogP contribution in [0, 0.1) is 6.92 Å². The zero-order valence-corrected chi connectivity index (χ0v) is 5.99. The van der Waals surface area contributed by atoms with E-state index in [1.54, 1.807) is 0 Å². The summed E-state index contributed by atoms with van der Waals surface area (Å²) in [5, 5.41) is 0. The first-order valence-corrected chi connectivity index (χ1v) is 3.29. The molecule has 0 aliphatic heterocycles. The van der Waals surface area contributed by atoms with Crippen molar-refractivity contribution in [3.05, 3.63) is 6.92 Å². The van der Waals surface area contributed by atoms with Gasteiger partial charge >= 0.3 is 0 Å². The lowest BCUT2D eigenvalue weighted by Gasteiger charge is -2.11. The van der Waals surface area contributed by atoms with Crippen LogP contribution in [0.5, 0.6) is 0 Å². The van der Waals surface area contributed by atoms with Gasteiger partial charge in [-0.05, 0) is 13.3 Å². The normalized spacial score (nSPS) is 20.1. The predicted molar refractivity (Wildman–Crippen MR) is 35.0 cm³/mol. The maximum absolute atomic E-state index is 12.4. The van der Waals surface area contributed by atoms with E-state index in [0.717, 1.165) is 0 Å². The molecule has 0 rings (SSSR count). The van der Waals surface area contributed by atoms with Gasteiger partial charge in [0, 0.05) is 6.42 Å². The summed E-state index contributed by atoms with van der Waals surface area (Å²) < 4.78 is 36.7. The molecule has 0 spiro atoms. The van der Waals surface area contributed by atoms with Crippen molar-refractivity contribution in [2.75, 3.05) is 0 Å². The first-order chi connectivity index (χ1) is 4.57. The van der Waals surface area contributed by atoms with Gasteiger partial charge in [0.15, 0.2) is 0 Å². The van der Waals surface area contributed by atoms with E-state index in [2.05, 4.69) is 6.92 Å². The minimum Gasteiger partial charge on any atom is -0.248 e. The van der Waals surface area contributed by atoms with Crippen molar-refractivity contribution in [1.29, 1.82) is 0 Å². The van der Waals surface area contributed by atoms with Crippen molar-refractivity contribution in [1.82, 2.24) is 0 Å². The molecule has 0 aliphatic carbocycles. The third kappa shape index (κ3) is 3.75. The summed E-state index contributed by atoms with van der Waals surface area (Å²) in [7, 11) is 0. The van der Waals surface area contributed by atoms with Crippen molar-refractivity contribution in [2.24, 2.45) is 0 Å². The zero-order valence-electron chi connectivity index (χ0n) is 5.99. The molecule has 0 nitrogen and oxygen atoms in total. The van der Waals surface area contributed by atoms with Crippen molar-refractivity contribution < 1.29 is 13.2 Å². The molecule has 0 aromatic heterocycles. The number of hydrogen-bond acceptors (Lipinski definition) is 0. The van der Waals surface area contributed by atoms with Crippen molar-refractivity contribution >= 4 is 0 Å². The average Bonchev–Trinajstić information content (AvgIpc) is 1.85. The summed E-state index contributed by atoms with van der Waals surface area (Å²) in [6.45, 7) is 4.39. The fraction of sp³-hybridized carbons (Fsp3) is 0.857. The lowest BCUT2D eigenvalue weighted by molar-refractivity contribution is 0.131. The quantitative estimate of drug-likeness (QED) is 0.582. The molecule has 0 heterocycles. The van der Waals surface area contributed by atoms with Gasteiger partial charge in [0.05, 0.1) is 0 Å². The van der Waals surface area contributed by atoms with E-state index in [-0.39, 0.29) is 12.8 Å². The van der Waals surface area contributed by atoms with E-state index in [9.17, 15) is 13.2 Å². The van der Waals surface area contributed by atoms with Crippen LogP contribution in [0.3, 0.4) is 0 Å². The Morgan fingerprint density at radius 1 is 1.20 bits per heavy atom. The Hall–Kier alpha value is -0.210. The lowest BCUT2D eigenvalue weighted by Crippen LogP contribution is -2.19. The van der Waals surface area contributed by atoms with E-state index in [0.29, 0.717) is 0 Å². The lowest BCUT2D eigenvalue weighted by atomic mass is 10.1. The number of rotatable bonds is 4. The first kappa shape index (κ1) is 9.79. The van der Waals surface area contributed by atoms with Crippen molar-refractivity contribution in [3.63, 3.8) is 0 Å². The summed E-state index contributed by atoms with van der Waals surface area (Å²) in [6, 6.07) is 0. The van der Waals surface area contributed by atoms with Crippen LogP contribution in [0.15, 0.2) is 0 Å². The molecule has 0 fully saturated rings. The Kier molecular flexibility index (Phi) is 4.49. The van der Waals surface area contributed by atoms with E-state index in [1.165, 1.54) is 6.92 Å². The third-order valence-corrected chi connectivity index (χ3v) is 1.22. The van der Waals surface area contributed by atoms with Gasteiger partial charge in [-0.2, -0.15) is 0 Å². The molecular weight excluding hydrogens is 141 g/mol. The van der Waals surface area contributed by atoms with Crippen LogP contribution < -0.4 is 0 Å². The second kappa shape index (κ2) is 4.58. The Morgan fingerprint density at radius 2 is 1.70 bits per heavy atom. The van der Waals surface area contributed by atoms with Crippen LogP contribution in [0.25, 0.3) is 0 Å². The van der Waals surface area contributed by atoms with Crippen LogP contribution in [0.2, 0.25) is 0 Å². The second-order valence-electron chi connectivity index (χ2n) is 2.34. The number of halogens is 3. The largest absolute Gasteiger partial charge is 0.248 e. The summed E-state index contributed by atoms with van der Waals surface area (Å²) >= 11 is 0. The summed E-state index contributed by atoms with van der Waals surface area (Å²) in [5.74, 6) is 0. The molecule has 0 amide bonds. The van der Waals surface area contributed by atoms with Gasteiger partial charge in [0.1, 0.15) is 18.5 Å². The van der Waals surface area contributed by atoms with Gasteiger partial charge in [0.25, 0.3) is 0 Å². The average molecular weight is 153 g/mol. The van der Waals surface area contributed by atoms with Crippen LogP contribution in [0.1, 0.15) is 19.8 Å². The van der Waals surface area contributed by atoms with Crippen LogP contribution in [-0.4, -0.2) is 18.5 Å². The van der Waals surface area contributed by atoms with Crippen LogP contribution >= 0.6 is 0 Å². The van der Waals surface area contributed by atoms with Gasteiger partial charge in [-0.15, -0.1) is 0 Å². The van der Waals surface area contributed by atoms with E-state index in [4.69, 9.17) is 0 Å². The van der Waals surface area contributed by atoms with Gasteiger partial charge in [0.2, 0.25) is 0 Å². The van der Waals surface area contributed by atoms with Crippen molar-refractivity contribution in [3.8, 4) is 0 Å². The first-order valence-electron chi connectivity index (χ1n) is 3.29. The van der Waals surface area contributed by atoms with Gasteiger partial charge in [-0.1, -0.05) is 6.92 Å². The Morgan fingerprint density at radius 3 is 2.00 bits per heavy atom. The second-order valence-corrected chi connectivity index (χ2v) is 2.34. The van der Waals surface area contributed by atoms with Gasteiger partial charge in [-0.25, -0.2) is 13.2 Å². The maximum atomic E-state index is 12.4. The van der Waals surface area contributed by atoms with Gasteiger partial charge in [-0.3, -0.25) is 0 Å². The molecule has 10 heavy (non-hydrogen) atoms. The minimum atomic E-state index is -1.70. The Bertz CT molecular complexity index is 82.9. The van der Waals surface area contributed by atoms with Crippen LogP contribution in [0.4, 0.5) is 13.2 Å². The van der Waals surface area contributed by atoms with E-state index in [1.807, 2.05) is 0 Å². The molecule has 0 aromatic carbocycles. The molecule has 3 atom stereocenters. The highest BCUT2D eigenvalue weighted by atomic mass is 19.2. The monoisotopic (exact) mass is 153 g/mol. The highest BCUT2D eigenvalue weighted by Crippen LogP contribution is 2.14. The van der Waals surface area contributed by atoms with E-state index >= 15 is 0 Å². The molecule has 0 aliphatic rings. The topological polar surface area (TPSA) is 0 Å². The highest BCUT2D eigenvalue weighted by Gasteiger charge is 2.20. The minimum absolute atomic E-state index is 0.131. The molecule has 2 unspecified atom stereocenters. The number of alkyl halides is 3. The molecule has 1 radical (unpaired) electrons. The molecule has 0 aromatic rings. The van der Waals surface area contributed by atoms with Gasteiger partial charge < -0.3 is 0 Å². The standard InChI is InChI=1S/C7H12F3/c1-3-6(9)7(10)4-5(2)8/h5-7H,1,3-4H2,2H3/t5?,6?,7-/m0/s1. The predicted octanol–water partition coefficient (Wildman–Crippen LogP) is 2.63. The number of hydrogen-bond donors (Lipinski definition) is 0. The molecular formula is C7H12F3. The summed E-state index contributed by atoms with van der Waals surface area (Å²) in [6.07, 6.45) is -5.08. The smallest absolute Gasteiger partial charge is 0.134 e. The van der Waals surface area contributed by atoms with E-state index < -0.39 is 18.5 Å². The fourth-order valence-electron chi connectivity index (χ4n) is 0.639. The molecule has 3 heteroatoms. The molecule has 61 valence electrons. The van der Waals surface area contributed by atoms with Crippen molar-refractivity contribution in [2.45, 2.75) is 38.3 Å². The van der Waals surface area contributed by atoms with Crippen LogP contribution in [-0.2, 0) is 0 Å². The molecule has 0 saturated heterocycles. The SMILES string of the molecule is [CH2]CC(F)[C@@H](F)CC(C)F. The highest BCUT2D eigenvalue weighted by molar-refractivity contribution is 4.71. The molecule has 0 N–H and O–H groups in total. The molecule has 0 bridgehead atoms. The summed E-state index contributed by atoms with van der Waals surface area (Å²) in [4.78, 5) is 0. The fourth-order valence-corrected chi connectivity index (χ4v) is 0.639. The molecule has 0 saturated carbocycles.